The first-order valence-electron chi connectivity index (χ1n) is 7.47. The van der Waals surface area contributed by atoms with Gasteiger partial charge in [0.25, 0.3) is 0 Å². The highest BCUT2D eigenvalue weighted by molar-refractivity contribution is 5.17. The summed E-state index contributed by atoms with van der Waals surface area (Å²) in [4.78, 5) is 2.48. The topological polar surface area (TPSA) is 68.3 Å². The molecule has 0 bridgehead atoms. The first-order chi connectivity index (χ1) is 9.65. The number of nitrogens with one attached hydrogen (secondary N) is 1. The molecule has 1 aliphatic heterocycles. The molecule has 0 spiro atoms. The Labute approximate surface area is 121 Å². The molecule has 2 rings (SSSR count). The van der Waals surface area contributed by atoms with E-state index in [4.69, 9.17) is 10.6 Å². The number of rotatable bonds is 6. The molecule has 1 aromatic heterocycles. The average molecular weight is 281 g/mol. The van der Waals surface area contributed by atoms with Gasteiger partial charge in [-0.15, -0.1) is 0 Å². The van der Waals surface area contributed by atoms with Crippen LogP contribution in [0.15, 0.2) is 12.4 Å². The van der Waals surface area contributed by atoms with Gasteiger partial charge in [0, 0.05) is 36.9 Å². The van der Waals surface area contributed by atoms with Gasteiger partial charge in [0.05, 0.1) is 25.5 Å². The summed E-state index contributed by atoms with van der Waals surface area (Å²) in [6.07, 6.45) is 5.01. The fourth-order valence-corrected chi connectivity index (χ4v) is 3.02. The Morgan fingerprint density at radius 1 is 1.45 bits per heavy atom. The number of nitrogens with two attached hydrogens (primary N) is 1. The molecule has 2 unspecified atom stereocenters. The molecule has 0 amide bonds. The van der Waals surface area contributed by atoms with Crippen LogP contribution in [0.25, 0.3) is 0 Å². The van der Waals surface area contributed by atoms with E-state index in [1.54, 1.807) is 0 Å². The van der Waals surface area contributed by atoms with Crippen LogP contribution in [0, 0.1) is 0 Å². The standard InChI is InChI=1S/C14H27N5O/c1-4-14(3,18-6-8-20-9-7-18)13(17-15)12-10-16-19(5-2)11-12/h10-11,13,17H,4-9,15H2,1-3H3. The smallest absolute Gasteiger partial charge is 0.0671 e. The van der Waals surface area contributed by atoms with E-state index in [9.17, 15) is 0 Å². The van der Waals surface area contributed by atoms with Crippen molar-refractivity contribution in [1.29, 1.82) is 0 Å². The molecule has 0 saturated carbocycles. The van der Waals surface area contributed by atoms with E-state index in [1.807, 2.05) is 10.9 Å². The van der Waals surface area contributed by atoms with Gasteiger partial charge in [-0.25, -0.2) is 0 Å². The van der Waals surface area contributed by atoms with Crippen molar-refractivity contribution < 1.29 is 4.74 Å². The van der Waals surface area contributed by atoms with Crippen molar-refractivity contribution in [3.63, 3.8) is 0 Å². The maximum atomic E-state index is 5.88. The minimum Gasteiger partial charge on any atom is -0.379 e. The highest BCUT2D eigenvalue weighted by Crippen LogP contribution is 2.34. The molecule has 0 radical (unpaired) electrons. The first-order valence-corrected chi connectivity index (χ1v) is 7.47. The maximum Gasteiger partial charge on any atom is 0.0671 e. The van der Waals surface area contributed by atoms with Gasteiger partial charge in [0.2, 0.25) is 0 Å². The second-order valence-corrected chi connectivity index (χ2v) is 5.54. The second kappa shape index (κ2) is 6.67. The fraction of sp³-hybridized carbons (Fsp3) is 0.786. The van der Waals surface area contributed by atoms with E-state index in [-0.39, 0.29) is 11.6 Å². The monoisotopic (exact) mass is 281 g/mol. The van der Waals surface area contributed by atoms with Crippen LogP contribution in [0.2, 0.25) is 0 Å². The van der Waals surface area contributed by atoms with Crippen molar-refractivity contribution in [3.8, 4) is 0 Å². The molecule has 1 saturated heterocycles. The second-order valence-electron chi connectivity index (χ2n) is 5.54. The van der Waals surface area contributed by atoms with Gasteiger partial charge in [-0.05, 0) is 20.3 Å². The molecule has 0 aliphatic carbocycles. The van der Waals surface area contributed by atoms with E-state index in [2.05, 4.69) is 42.4 Å². The number of aryl methyl sites for hydroxylation is 1. The van der Waals surface area contributed by atoms with E-state index < -0.39 is 0 Å². The quantitative estimate of drug-likeness (QED) is 0.599. The molecular weight excluding hydrogens is 254 g/mol. The summed E-state index contributed by atoms with van der Waals surface area (Å²) in [6.45, 7) is 10.9. The Balaban J connectivity index is 2.25. The molecule has 1 aromatic rings. The highest BCUT2D eigenvalue weighted by Gasteiger charge is 2.39. The van der Waals surface area contributed by atoms with Crippen molar-refractivity contribution in [2.24, 2.45) is 5.84 Å². The lowest BCUT2D eigenvalue weighted by atomic mass is 9.84. The Morgan fingerprint density at radius 3 is 2.65 bits per heavy atom. The third-order valence-electron chi connectivity index (χ3n) is 4.55. The van der Waals surface area contributed by atoms with Gasteiger partial charge in [-0.3, -0.25) is 20.9 Å². The van der Waals surface area contributed by atoms with Gasteiger partial charge >= 0.3 is 0 Å². The van der Waals surface area contributed by atoms with E-state index in [0.29, 0.717) is 0 Å². The van der Waals surface area contributed by atoms with E-state index >= 15 is 0 Å². The van der Waals surface area contributed by atoms with Crippen LogP contribution in [-0.4, -0.2) is 46.5 Å². The largest absolute Gasteiger partial charge is 0.379 e. The predicted molar refractivity (Wildman–Crippen MR) is 79.1 cm³/mol. The molecule has 2 atom stereocenters. The van der Waals surface area contributed by atoms with Gasteiger partial charge < -0.3 is 4.74 Å². The van der Waals surface area contributed by atoms with Gasteiger partial charge in [-0.2, -0.15) is 5.10 Å². The van der Waals surface area contributed by atoms with E-state index in [0.717, 1.165) is 44.8 Å². The van der Waals surface area contributed by atoms with Gasteiger partial charge in [0.1, 0.15) is 0 Å². The zero-order chi connectivity index (χ0) is 14.6. The Bertz CT molecular complexity index is 415. The summed E-state index contributed by atoms with van der Waals surface area (Å²) in [6, 6.07) is 0.0610. The van der Waals surface area contributed by atoms with E-state index in [1.165, 1.54) is 0 Å². The summed E-state index contributed by atoms with van der Waals surface area (Å²) in [5, 5.41) is 4.37. The SMILES string of the molecule is CCn1cc(C(NN)C(C)(CC)N2CCOCC2)cn1. The van der Waals surface area contributed by atoms with Crippen molar-refractivity contribution in [3.05, 3.63) is 18.0 Å². The van der Waals surface area contributed by atoms with Crippen LogP contribution in [-0.2, 0) is 11.3 Å². The molecule has 6 heteroatoms. The Hall–Kier alpha value is -0.950. The number of hydrazine groups is 1. The minimum absolute atomic E-state index is 0.0415. The first kappa shape index (κ1) is 15.4. The Kier molecular flexibility index (Phi) is 5.15. The van der Waals surface area contributed by atoms with Crippen LogP contribution in [0.1, 0.15) is 38.8 Å². The van der Waals surface area contributed by atoms with Crippen molar-refractivity contribution in [2.45, 2.75) is 45.3 Å². The summed E-state index contributed by atoms with van der Waals surface area (Å²) < 4.78 is 7.41. The summed E-state index contributed by atoms with van der Waals surface area (Å²) >= 11 is 0. The molecule has 1 fully saturated rings. The van der Waals surface area contributed by atoms with Crippen LogP contribution in [0.3, 0.4) is 0 Å². The number of morpholine rings is 1. The predicted octanol–water partition coefficient (Wildman–Crippen LogP) is 0.908. The summed E-state index contributed by atoms with van der Waals surface area (Å²) in [5.74, 6) is 5.88. The number of nitrogens with zero attached hydrogens (tertiary/aromatic N) is 3. The fourth-order valence-electron chi connectivity index (χ4n) is 3.02. The molecule has 3 N–H and O–H groups in total. The molecule has 2 heterocycles. The van der Waals surface area contributed by atoms with Crippen molar-refractivity contribution in [2.75, 3.05) is 26.3 Å². The Morgan fingerprint density at radius 2 is 2.15 bits per heavy atom. The highest BCUT2D eigenvalue weighted by atomic mass is 16.5. The normalized spacial score (nSPS) is 21.6. The third kappa shape index (κ3) is 2.88. The molecule has 0 aromatic carbocycles. The van der Waals surface area contributed by atoms with Crippen LogP contribution in [0.4, 0.5) is 0 Å². The molecule has 114 valence electrons. The average Bonchev–Trinajstić information content (AvgIpc) is 2.97. The molecular formula is C14H27N5O. The lowest BCUT2D eigenvalue weighted by Crippen LogP contribution is -2.58. The van der Waals surface area contributed by atoms with Crippen LogP contribution >= 0.6 is 0 Å². The van der Waals surface area contributed by atoms with Crippen LogP contribution in [0.5, 0.6) is 0 Å². The van der Waals surface area contributed by atoms with Gasteiger partial charge in [0.15, 0.2) is 0 Å². The number of aromatic nitrogens is 2. The summed E-state index contributed by atoms with van der Waals surface area (Å²) in [5.41, 5.74) is 4.11. The maximum absolute atomic E-state index is 5.88. The van der Waals surface area contributed by atoms with Crippen LogP contribution < -0.4 is 11.3 Å². The molecule has 20 heavy (non-hydrogen) atoms. The summed E-state index contributed by atoms with van der Waals surface area (Å²) in [7, 11) is 0. The number of hydrogen-bond donors (Lipinski definition) is 2. The van der Waals surface area contributed by atoms with Crippen molar-refractivity contribution >= 4 is 0 Å². The third-order valence-corrected chi connectivity index (χ3v) is 4.55. The number of hydrogen-bond acceptors (Lipinski definition) is 5. The van der Waals surface area contributed by atoms with Crippen molar-refractivity contribution in [1.82, 2.24) is 20.1 Å². The minimum atomic E-state index is -0.0415. The lowest BCUT2D eigenvalue weighted by molar-refractivity contribution is -0.0329. The van der Waals surface area contributed by atoms with Gasteiger partial charge in [-0.1, -0.05) is 6.92 Å². The zero-order valence-corrected chi connectivity index (χ0v) is 12.8. The molecule has 6 nitrogen and oxygen atoms in total. The number of ether oxygens (including phenoxy) is 1. The molecule has 1 aliphatic rings. The zero-order valence-electron chi connectivity index (χ0n) is 12.8. The lowest BCUT2D eigenvalue weighted by Gasteiger charge is -2.47.